The molecule has 38 heavy (non-hydrogen) atoms. The average Bonchev–Trinajstić information content (AvgIpc) is 3.22. The van der Waals surface area contributed by atoms with Gasteiger partial charge in [0.25, 0.3) is 0 Å². The van der Waals surface area contributed by atoms with Crippen molar-refractivity contribution in [3.8, 4) is 17.0 Å². The van der Waals surface area contributed by atoms with Crippen molar-refractivity contribution in [1.29, 1.82) is 0 Å². The van der Waals surface area contributed by atoms with Crippen LogP contribution in [0.1, 0.15) is 43.7 Å². The fourth-order valence-corrected chi connectivity index (χ4v) is 4.00. The summed E-state index contributed by atoms with van der Waals surface area (Å²) in [6.45, 7) is 1.23. The molecule has 0 amide bonds. The van der Waals surface area contributed by atoms with E-state index >= 15 is 0 Å². The van der Waals surface area contributed by atoms with Crippen LogP contribution in [-0.2, 0) is 32.5 Å². The van der Waals surface area contributed by atoms with Gasteiger partial charge in [-0.2, -0.15) is 5.10 Å². The van der Waals surface area contributed by atoms with E-state index in [1.54, 1.807) is 6.07 Å². The number of esters is 2. The molecule has 0 aliphatic heterocycles. The molecule has 4 N–H and O–H groups in total. The maximum Gasteiger partial charge on any atom is 0.337 e. The van der Waals surface area contributed by atoms with E-state index in [9.17, 15) is 24.9 Å². The van der Waals surface area contributed by atoms with Gasteiger partial charge in [0.2, 0.25) is 12.7 Å². The lowest BCUT2D eigenvalue weighted by Crippen LogP contribution is -2.40. The van der Waals surface area contributed by atoms with Crippen LogP contribution in [0.2, 0.25) is 5.02 Å². The van der Waals surface area contributed by atoms with E-state index in [-0.39, 0.29) is 24.4 Å². The second kappa shape index (κ2) is 13.9. The zero-order valence-electron chi connectivity index (χ0n) is 21.2. The minimum absolute atomic E-state index is 0.117. The Bertz CT molecular complexity index is 1200. The summed E-state index contributed by atoms with van der Waals surface area (Å²) in [6.07, 6.45) is -1.82. The lowest BCUT2D eigenvalue weighted by molar-refractivity contribution is -0.173. The Hall–Kier alpha value is -3.44. The molecule has 3 aromatic rings. The first kappa shape index (κ1) is 29.1. The summed E-state index contributed by atoms with van der Waals surface area (Å²) in [5.41, 5.74) is 2.97. The van der Waals surface area contributed by atoms with Crippen molar-refractivity contribution in [2.45, 2.75) is 51.0 Å². The van der Waals surface area contributed by atoms with Gasteiger partial charge in [-0.3, -0.25) is 10.1 Å². The van der Waals surface area contributed by atoms with Gasteiger partial charge in [-0.15, -0.1) is 0 Å². The maximum atomic E-state index is 12.3. The molecule has 0 bridgehead atoms. The van der Waals surface area contributed by atoms with Crippen molar-refractivity contribution in [3.63, 3.8) is 0 Å². The van der Waals surface area contributed by atoms with Crippen molar-refractivity contribution in [3.05, 3.63) is 70.9 Å². The van der Waals surface area contributed by atoms with Crippen molar-refractivity contribution in [2.75, 3.05) is 6.79 Å². The zero-order chi connectivity index (χ0) is 27.7. The summed E-state index contributed by atoms with van der Waals surface area (Å²) in [4.78, 5) is 23.7. The predicted molar refractivity (Wildman–Crippen MR) is 140 cm³/mol. The van der Waals surface area contributed by atoms with E-state index in [1.807, 2.05) is 49.4 Å². The number of nitrogens with zero attached hydrogens (tertiary/aromatic N) is 2. The molecule has 3 rings (SSSR count). The molecule has 1 unspecified atom stereocenters. The number of nitrogens with one attached hydrogen (secondary N) is 1. The number of hydrogen-bond acceptors (Lipinski definition) is 9. The number of carbonyl (C=O) groups is 2. The number of aryl methyl sites for hydroxylation is 1. The molecular weight excluding hydrogens is 514 g/mol. The number of carbonyl (C=O) groups excluding carboxylic acids is 2. The van der Waals surface area contributed by atoms with E-state index in [4.69, 9.17) is 21.1 Å². The molecule has 3 atom stereocenters. The van der Waals surface area contributed by atoms with Crippen LogP contribution in [-0.4, -0.2) is 56.0 Å². The van der Waals surface area contributed by atoms with Crippen molar-refractivity contribution < 1.29 is 34.4 Å². The van der Waals surface area contributed by atoms with Gasteiger partial charge in [0.1, 0.15) is 11.9 Å². The first-order valence-corrected chi connectivity index (χ1v) is 12.6. The number of aromatic nitrogens is 2. The summed E-state index contributed by atoms with van der Waals surface area (Å²) in [5.74, 6) is -1.59. The Morgan fingerprint density at radius 2 is 1.82 bits per heavy atom. The van der Waals surface area contributed by atoms with Gasteiger partial charge >= 0.3 is 11.9 Å². The second-order valence-corrected chi connectivity index (χ2v) is 9.26. The largest absolute Gasteiger partial charge is 0.493 e. The SMILES string of the molecule is CCCC(=O)OCOC(=O)[C@H](O)C[C@@H](Cc1ccc(-c2cccc(Cl)c2)cc1)NC(O)c1cc(O)n(C)n1. The summed E-state index contributed by atoms with van der Waals surface area (Å²) >= 11 is 6.10. The van der Waals surface area contributed by atoms with Crippen molar-refractivity contribution in [2.24, 2.45) is 7.05 Å². The number of aliphatic hydroxyl groups excluding tert-OH is 2. The smallest absolute Gasteiger partial charge is 0.337 e. The topological polar surface area (TPSA) is 143 Å². The minimum Gasteiger partial charge on any atom is -0.493 e. The lowest BCUT2D eigenvalue weighted by Gasteiger charge is -2.24. The second-order valence-electron chi connectivity index (χ2n) is 8.83. The lowest BCUT2D eigenvalue weighted by atomic mass is 9.97. The molecule has 0 spiro atoms. The Balaban J connectivity index is 1.69. The van der Waals surface area contributed by atoms with Gasteiger partial charge < -0.3 is 24.8 Å². The highest BCUT2D eigenvalue weighted by Crippen LogP contribution is 2.24. The predicted octanol–water partition coefficient (Wildman–Crippen LogP) is 3.23. The van der Waals surface area contributed by atoms with Crippen molar-refractivity contribution in [1.82, 2.24) is 15.1 Å². The van der Waals surface area contributed by atoms with Crippen LogP contribution in [0.5, 0.6) is 5.88 Å². The summed E-state index contributed by atoms with van der Waals surface area (Å²) in [7, 11) is 1.53. The monoisotopic (exact) mass is 545 g/mol. The quantitative estimate of drug-likeness (QED) is 0.188. The number of hydrogen-bond donors (Lipinski definition) is 4. The van der Waals surface area contributed by atoms with Crippen LogP contribution in [0.15, 0.2) is 54.6 Å². The van der Waals surface area contributed by atoms with Gasteiger partial charge in [0.05, 0.1) is 0 Å². The zero-order valence-corrected chi connectivity index (χ0v) is 22.0. The molecule has 0 radical (unpaired) electrons. The van der Waals surface area contributed by atoms with Gasteiger partial charge in [0.15, 0.2) is 6.10 Å². The highest BCUT2D eigenvalue weighted by molar-refractivity contribution is 6.30. The van der Waals surface area contributed by atoms with Crippen LogP contribution in [0.3, 0.4) is 0 Å². The molecule has 1 heterocycles. The van der Waals surface area contributed by atoms with E-state index in [0.29, 0.717) is 17.9 Å². The van der Waals surface area contributed by atoms with Crippen LogP contribution >= 0.6 is 11.6 Å². The minimum atomic E-state index is -1.55. The number of benzene rings is 2. The van der Waals surface area contributed by atoms with Crippen LogP contribution in [0, 0.1) is 0 Å². The first-order valence-electron chi connectivity index (χ1n) is 12.2. The fraction of sp³-hybridized carbons (Fsp3) is 0.370. The molecule has 0 aliphatic rings. The van der Waals surface area contributed by atoms with Crippen molar-refractivity contribution >= 4 is 23.5 Å². The Kier molecular flexibility index (Phi) is 10.7. The van der Waals surface area contributed by atoms with Crippen LogP contribution < -0.4 is 5.32 Å². The highest BCUT2D eigenvalue weighted by Gasteiger charge is 2.26. The summed E-state index contributed by atoms with van der Waals surface area (Å²) < 4.78 is 10.9. The molecule has 10 nitrogen and oxygen atoms in total. The highest BCUT2D eigenvalue weighted by atomic mass is 35.5. The van der Waals surface area contributed by atoms with E-state index in [1.165, 1.54) is 17.8 Å². The fourth-order valence-electron chi connectivity index (χ4n) is 3.81. The number of aliphatic hydroxyl groups is 2. The van der Waals surface area contributed by atoms with E-state index < -0.39 is 37.1 Å². The van der Waals surface area contributed by atoms with Gasteiger partial charge in [-0.1, -0.05) is 54.9 Å². The summed E-state index contributed by atoms with van der Waals surface area (Å²) in [5, 5.41) is 38.6. The van der Waals surface area contributed by atoms with E-state index in [2.05, 4.69) is 10.4 Å². The Morgan fingerprint density at radius 3 is 2.45 bits per heavy atom. The molecule has 2 aromatic carbocycles. The Morgan fingerprint density at radius 1 is 1.08 bits per heavy atom. The Labute approximate surface area is 225 Å². The maximum absolute atomic E-state index is 12.3. The third-order valence-electron chi connectivity index (χ3n) is 5.80. The molecule has 0 saturated heterocycles. The van der Waals surface area contributed by atoms with Crippen LogP contribution in [0.25, 0.3) is 11.1 Å². The standard InChI is InChI=1S/C27H32ClN3O7/c1-3-5-25(34)37-16-38-27(36)23(32)14-21(29-26(35)22-15-24(33)31(2)30-22)12-17-8-10-18(11-9-17)19-6-4-7-20(28)13-19/h4,6-11,13,15,21,23,26,29,32-33,35H,3,5,12,14,16H2,1-2H3/t21-,23-,26?/m1/s1. The molecule has 11 heteroatoms. The van der Waals surface area contributed by atoms with Gasteiger partial charge in [-0.05, 0) is 48.1 Å². The van der Waals surface area contributed by atoms with E-state index in [0.717, 1.165) is 16.7 Å². The molecule has 1 aromatic heterocycles. The van der Waals surface area contributed by atoms with Gasteiger partial charge in [-0.25, -0.2) is 9.48 Å². The molecule has 0 fully saturated rings. The normalized spacial score (nSPS) is 13.5. The number of aromatic hydroxyl groups is 1. The molecule has 204 valence electrons. The number of ether oxygens (including phenoxy) is 2. The third kappa shape index (κ3) is 8.56. The summed E-state index contributed by atoms with van der Waals surface area (Å²) in [6, 6.07) is 15.9. The number of halogens is 1. The number of rotatable bonds is 13. The molecule has 0 saturated carbocycles. The average molecular weight is 546 g/mol. The molecule has 0 aliphatic carbocycles. The molecular formula is C27H32ClN3O7. The van der Waals surface area contributed by atoms with Gasteiger partial charge in [0, 0.05) is 30.6 Å². The van der Waals surface area contributed by atoms with Crippen LogP contribution in [0.4, 0.5) is 0 Å². The first-order chi connectivity index (χ1) is 18.2. The third-order valence-corrected chi connectivity index (χ3v) is 6.03.